The van der Waals surface area contributed by atoms with E-state index < -0.39 is 0 Å². The number of nitrogens with zero attached hydrogens (tertiary/aromatic N) is 2. The summed E-state index contributed by atoms with van der Waals surface area (Å²) in [6.45, 7) is 2.66. The highest BCUT2D eigenvalue weighted by Crippen LogP contribution is 2.10. The van der Waals surface area contributed by atoms with Gasteiger partial charge in [0.2, 0.25) is 0 Å². The maximum absolute atomic E-state index is 11.8. The van der Waals surface area contributed by atoms with E-state index in [0.717, 1.165) is 30.9 Å². The summed E-state index contributed by atoms with van der Waals surface area (Å²) in [5, 5.41) is 10.0. The lowest BCUT2D eigenvalue weighted by atomic mass is 10.1. The van der Waals surface area contributed by atoms with Crippen molar-refractivity contribution in [1.82, 2.24) is 20.4 Å². The second-order valence-electron chi connectivity index (χ2n) is 5.42. The van der Waals surface area contributed by atoms with E-state index in [-0.39, 0.29) is 6.03 Å². The average molecular weight is 300 g/mol. The Bertz CT molecular complexity index is 606. The third-order valence-corrected chi connectivity index (χ3v) is 3.69. The van der Waals surface area contributed by atoms with Crippen molar-refractivity contribution in [3.8, 4) is 5.69 Å². The van der Waals surface area contributed by atoms with Crippen LogP contribution >= 0.6 is 0 Å². The van der Waals surface area contributed by atoms with Crippen LogP contribution in [-0.4, -0.2) is 35.6 Å². The molecule has 2 aromatic rings. The summed E-state index contributed by atoms with van der Waals surface area (Å²) in [6.07, 6.45) is 4.70. The smallest absolute Gasteiger partial charge is 0.315 e. The van der Waals surface area contributed by atoms with Crippen molar-refractivity contribution in [2.45, 2.75) is 13.0 Å². The monoisotopic (exact) mass is 300 g/mol. The molecule has 0 radical (unpaired) electrons. The Morgan fingerprint density at radius 2 is 2.18 bits per heavy atom. The lowest BCUT2D eigenvalue weighted by molar-refractivity contribution is 0.185. The first kappa shape index (κ1) is 14.6. The number of nitrogens with one attached hydrogen (secondary N) is 2. The zero-order valence-corrected chi connectivity index (χ0v) is 12.4. The third kappa shape index (κ3) is 3.85. The van der Waals surface area contributed by atoms with Crippen molar-refractivity contribution in [3.63, 3.8) is 0 Å². The van der Waals surface area contributed by atoms with Crippen molar-refractivity contribution in [1.29, 1.82) is 0 Å². The fourth-order valence-electron chi connectivity index (χ4n) is 2.40. The predicted octanol–water partition coefficient (Wildman–Crippen LogP) is 1.71. The van der Waals surface area contributed by atoms with Gasteiger partial charge in [-0.05, 0) is 18.6 Å². The quantitative estimate of drug-likeness (QED) is 0.883. The molecule has 1 aliphatic rings. The number of amides is 2. The van der Waals surface area contributed by atoms with E-state index in [1.807, 2.05) is 36.5 Å². The largest absolute Gasteiger partial charge is 0.381 e. The molecule has 1 aliphatic heterocycles. The average Bonchev–Trinajstić information content (AvgIpc) is 3.23. The molecule has 6 nitrogen and oxygen atoms in total. The Hall–Kier alpha value is -2.34. The molecule has 2 N–H and O–H groups in total. The lowest BCUT2D eigenvalue weighted by Crippen LogP contribution is -2.37. The number of rotatable bonds is 5. The summed E-state index contributed by atoms with van der Waals surface area (Å²) in [7, 11) is 0. The normalized spacial score (nSPS) is 17.4. The van der Waals surface area contributed by atoms with Gasteiger partial charge in [0.25, 0.3) is 0 Å². The van der Waals surface area contributed by atoms with Gasteiger partial charge < -0.3 is 15.4 Å². The molecule has 6 heteroatoms. The first-order valence-electron chi connectivity index (χ1n) is 7.49. The highest BCUT2D eigenvalue weighted by atomic mass is 16.5. The van der Waals surface area contributed by atoms with Gasteiger partial charge in [-0.3, -0.25) is 0 Å². The molecule has 3 rings (SSSR count). The van der Waals surface area contributed by atoms with Crippen molar-refractivity contribution < 1.29 is 9.53 Å². The number of aromatic nitrogens is 2. The van der Waals surface area contributed by atoms with E-state index in [4.69, 9.17) is 4.74 Å². The molecular weight excluding hydrogens is 280 g/mol. The van der Waals surface area contributed by atoms with Gasteiger partial charge in [0.05, 0.1) is 18.5 Å². The molecule has 0 spiro atoms. The maximum atomic E-state index is 11.8. The minimum atomic E-state index is -0.153. The van der Waals surface area contributed by atoms with Crippen LogP contribution in [0.5, 0.6) is 0 Å². The van der Waals surface area contributed by atoms with Gasteiger partial charge >= 0.3 is 6.03 Å². The van der Waals surface area contributed by atoms with E-state index in [2.05, 4.69) is 15.7 Å². The van der Waals surface area contributed by atoms with E-state index in [0.29, 0.717) is 19.0 Å². The maximum Gasteiger partial charge on any atom is 0.315 e. The molecule has 1 atom stereocenters. The van der Waals surface area contributed by atoms with Crippen LogP contribution in [-0.2, 0) is 11.3 Å². The summed E-state index contributed by atoms with van der Waals surface area (Å²) in [4.78, 5) is 11.8. The summed E-state index contributed by atoms with van der Waals surface area (Å²) >= 11 is 0. The predicted molar refractivity (Wildman–Crippen MR) is 82.7 cm³/mol. The van der Waals surface area contributed by atoms with Crippen molar-refractivity contribution in [2.75, 3.05) is 19.8 Å². The van der Waals surface area contributed by atoms with E-state index in [1.165, 1.54) is 0 Å². The van der Waals surface area contributed by atoms with Crippen molar-refractivity contribution in [3.05, 3.63) is 48.3 Å². The molecule has 116 valence electrons. The van der Waals surface area contributed by atoms with Gasteiger partial charge in [-0.25, -0.2) is 9.48 Å². The van der Waals surface area contributed by atoms with Crippen LogP contribution in [0.4, 0.5) is 4.79 Å². The van der Waals surface area contributed by atoms with Gasteiger partial charge in [-0.1, -0.05) is 18.2 Å². The van der Waals surface area contributed by atoms with Gasteiger partial charge in [0.1, 0.15) is 0 Å². The minimum absolute atomic E-state index is 0.153. The molecule has 1 aromatic carbocycles. The van der Waals surface area contributed by atoms with Crippen molar-refractivity contribution >= 4 is 6.03 Å². The zero-order valence-electron chi connectivity index (χ0n) is 12.4. The number of para-hydroxylation sites is 1. The molecule has 2 amide bonds. The Balaban J connectivity index is 1.45. The van der Waals surface area contributed by atoms with E-state index >= 15 is 0 Å². The Kier molecular flexibility index (Phi) is 4.70. The van der Waals surface area contributed by atoms with Crippen LogP contribution in [0.25, 0.3) is 5.69 Å². The van der Waals surface area contributed by atoms with Gasteiger partial charge in [0.15, 0.2) is 0 Å². The molecule has 22 heavy (non-hydrogen) atoms. The molecule has 0 aliphatic carbocycles. The van der Waals surface area contributed by atoms with Gasteiger partial charge in [-0.2, -0.15) is 5.10 Å². The second kappa shape index (κ2) is 7.09. The van der Waals surface area contributed by atoms with Crippen LogP contribution in [0.1, 0.15) is 12.0 Å². The second-order valence-corrected chi connectivity index (χ2v) is 5.42. The topological polar surface area (TPSA) is 68.2 Å². The van der Waals surface area contributed by atoms with Crippen LogP contribution in [0.3, 0.4) is 0 Å². The fraction of sp³-hybridized carbons (Fsp3) is 0.375. The molecular formula is C16H20N4O2. The lowest BCUT2D eigenvalue weighted by Gasteiger charge is -2.10. The minimum Gasteiger partial charge on any atom is -0.381 e. The number of hydrogen-bond donors (Lipinski definition) is 2. The summed E-state index contributed by atoms with van der Waals surface area (Å²) in [5.74, 6) is 0.437. The van der Waals surface area contributed by atoms with E-state index in [1.54, 1.807) is 10.9 Å². The molecule has 2 heterocycles. The highest BCUT2D eigenvalue weighted by Gasteiger charge is 2.16. The SMILES string of the molecule is O=C(NCc1cnn(-c2ccccc2)c1)NCC1CCOC1. The van der Waals surface area contributed by atoms with Crippen LogP contribution in [0, 0.1) is 5.92 Å². The Morgan fingerprint density at radius 1 is 1.32 bits per heavy atom. The number of hydrogen-bond acceptors (Lipinski definition) is 3. The highest BCUT2D eigenvalue weighted by molar-refractivity contribution is 5.73. The summed E-state index contributed by atoms with van der Waals surface area (Å²) in [5.41, 5.74) is 1.96. The summed E-state index contributed by atoms with van der Waals surface area (Å²) < 4.78 is 7.08. The van der Waals surface area contributed by atoms with Crippen molar-refractivity contribution in [2.24, 2.45) is 5.92 Å². The Labute approximate surface area is 129 Å². The fourth-order valence-corrected chi connectivity index (χ4v) is 2.40. The zero-order chi connectivity index (χ0) is 15.2. The molecule has 1 fully saturated rings. The standard InChI is InChI=1S/C16H20N4O2/c21-16(17-8-13-6-7-22-12-13)18-9-14-10-19-20(11-14)15-4-2-1-3-5-15/h1-5,10-11,13H,6-9,12H2,(H2,17,18,21). The molecule has 0 bridgehead atoms. The molecule has 1 unspecified atom stereocenters. The number of urea groups is 1. The van der Waals surface area contributed by atoms with Gasteiger partial charge in [0, 0.05) is 37.4 Å². The molecule has 0 saturated carbocycles. The van der Waals surface area contributed by atoms with Crippen LogP contribution < -0.4 is 10.6 Å². The molecule has 1 saturated heterocycles. The molecule has 1 aromatic heterocycles. The number of carbonyl (C=O) groups is 1. The van der Waals surface area contributed by atoms with E-state index in [9.17, 15) is 4.79 Å². The van der Waals surface area contributed by atoms with Gasteiger partial charge in [-0.15, -0.1) is 0 Å². The number of benzene rings is 1. The first-order valence-corrected chi connectivity index (χ1v) is 7.49. The Morgan fingerprint density at radius 3 is 2.95 bits per heavy atom. The number of ether oxygens (including phenoxy) is 1. The number of carbonyl (C=O) groups excluding carboxylic acids is 1. The van der Waals surface area contributed by atoms with Crippen LogP contribution in [0.2, 0.25) is 0 Å². The summed E-state index contributed by atoms with van der Waals surface area (Å²) in [6, 6.07) is 9.72. The third-order valence-electron chi connectivity index (χ3n) is 3.69. The van der Waals surface area contributed by atoms with Crippen LogP contribution in [0.15, 0.2) is 42.7 Å². The first-order chi connectivity index (χ1) is 10.8.